The molecule has 0 saturated heterocycles. The maximum atomic E-state index is 2.47. The van der Waals surface area contributed by atoms with E-state index in [9.17, 15) is 0 Å². The predicted octanol–water partition coefficient (Wildman–Crippen LogP) is 4.87. The third-order valence-electron chi connectivity index (χ3n) is 4.63. The van der Waals surface area contributed by atoms with Crippen molar-refractivity contribution in [1.29, 1.82) is 0 Å². The van der Waals surface area contributed by atoms with Crippen LogP contribution in [0.2, 0.25) is 0 Å². The van der Waals surface area contributed by atoms with Gasteiger partial charge in [0, 0.05) is 0 Å². The molecule has 0 aliphatic heterocycles. The highest BCUT2D eigenvalue weighted by atomic mass is 14.5. The number of allylic oxidation sites excluding steroid dienone is 4. The summed E-state index contributed by atoms with van der Waals surface area (Å²) >= 11 is 0. The molecule has 2 aliphatic carbocycles. The lowest BCUT2D eigenvalue weighted by molar-refractivity contribution is 0.281. The van der Waals surface area contributed by atoms with Gasteiger partial charge in [-0.1, -0.05) is 50.5 Å². The highest BCUT2D eigenvalue weighted by molar-refractivity contribution is 5.40. The molecule has 2 aliphatic rings. The molecule has 0 bridgehead atoms. The minimum atomic E-state index is 0.442. The Labute approximate surface area is 94.5 Å². The van der Waals surface area contributed by atoms with Gasteiger partial charge in [0.25, 0.3) is 0 Å². The smallest absolute Gasteiger partial charge is 0.0103 e. The third kappa shape index (κ3) is 1.58. The molecular formula is C15H24. The molecule has 1 atom stereocenters. The van der Waals surface area contributed by atoms with Crippen LogP contribution in [0.5, 0.6) is 0 Å². The summed E-state index contributed by atoms with van der Waals surface area (Å²) in [6, 6.07) is 0. The fourth-order valence-electron chi connectivity index (χ4n) is 3.65. The minimum Gasteiger partial charge on any atom is -0.0812 e. The van der Waals surface area contributed by atoms with Crippen molar-refractivity contribution < 1.29 is 0 Å². The summed E-state index contributed by atoms with van der Waals surface area (Å²) in [6.07, 6.45) is 7.53. The molecule has 0 amide bonds. The van der Waals surface area contributed by atoms with Crippen LogP contribution >= 0.6 is 0 Å². The second-order valence-corrected chi connectivity index (χ2v) is 6.36. The zero-order chi connectivity index (χ0) is 11.3. The van der Waals surface area contributed by atoms with Crippen molar-refractivity contribution in [2.24, 2.45) is 10.8 Å². The van der Waals surface area contributed by atoms with Crippen molar-refractivity contribution >= 4 is 0 Å². The van der Waals surface area contributed by atoms with Crippen LogP contribution < -0.4 is 0 Å². The van der Waals surface area contributed by atoms with Gasteiger partial charge >= 0.3 is 0 Å². The largest absolute Gasteiger partial charge is 0.0812 e. The van der Waals surface area contributed by atoms with Crippen LogP contribution in [-0.2, 0) is 0 Å². The van der Waals surface area contributed by atoms with E-state index in [1.54, 1.807) is 16.7 Å². The molecule has 0 radical (unpaired) electrons. The van der Waals surface area contributed by atoms with E-state index in [2.05, 4.69) is 40.7 Å². The average Bonchev–Trinajstić information content (AvgIpc) is 2.35. The van der Waals surface area contributed by atoms with Gasteiger partial charge in [0.05, 0.1) is 0 Å². The van der Waals surface area contributed by atoms with Crippen molar-refractivity contribution in [3.8, 4) is 0 Å². The zero-order valence-corrected chi connectivity index (χ0v) is 10.9. The van der Waals surface area contributed by atoms with E-state index in [-0.39, 0.29) is 0 Å². The fourth-order valence-corrected chi connectivity index (χ4v) is 3.65. The number of hydrogen-bond donors (Lipinski definition) is 0. The second kappa shape index (κ2) is 3.23. The zero-order valence-electron chi connectivity index (χ0n) is 10.9. The van der Waals surface area contributed by atoms with Crippen LogP contribution in [0.4, 0.5) is 0 Å². The molecule has 0 fully saturated rings. The lowest BCUT2D eigenvalue weighted by Crippen LogP contribution is -2.18. The van der Waals surface area contributed by atoms with E-state index in [1.165, 1.54) is 25.7 Å². The molecule has 0 saturated carbocycles. The Hall–Kier alpha value is -0.520. The van der Waals surface area contributed by atoms with Gasteiger partial charge in [-0.05, 0) is 43.4 Å². The van der Waals surface area contributed by atoms with E-state index in [0.29, 0.717) is 10.8 Å². The molecule has 0 aromatic rings. The minimum absolute atomic E-state index is 0.442. The summed E-state index contributed by atoms with van der Waals surface area (Å²) in [7, 11) is 0. The van der Waals surface area contributed by atoms with Gasteiger partial charge in [-0.25, -0.2) is 0 Å². The SMILES string of the molecule is CCC1(C)CC(C)(C)C2=C1CC(C)=CC2. The quantitative estimate of drug-likeness (QED) is 0.535. The van der Waals surface area contributed by atoms with Crippen LogP contribution in [0.3, 0.4) is 0 Å². The normalized spacial score (nSPS) is 34.1. The van der Waals surface area contributed by atoms with Crippen LogP contribution in [-0.4, -0.2) is 0 Å². The maximum Gasteiger partial charge on any atom is -0.0103 e. The van der Waals surface area contributed by atoms with E-state index in [0.717, 1.165) is 0 Å². The molecule has 0 N–H and O–H groups in total. The second-order valence-electron chi connectivity index (χ2n) is 6.36. The summed E-state index contributed by atoms with van der Waals surface area (Å²) in [5, 5.41) is 0. The first kappa shape index (κ1) is 11.0. The molecule has 0 heteroatoms. The Kier molecular flexibility index (Phi) is 2.37. The first-order valence-electron chi connectivity index (χ1n) is 6.28. The van der Waals surface area contributed by atoms with Gasteiger partial charge in [0.15, 0.2) is 0 Å². The molecular weight excluding hydrogens is 180 g/mol. The van der Waals surface area contributed by atoms with E-state index < -0.39 is 0 Å². The van der Waals surface area contributed by atoms with Crippen molar-refractivity contribution in [2.75, 3.05) is 0 Å². The summed E-state index contributed by atoms with van der Waals surface area (Å²) in [5.74, 6) is 0. The van der Waals surface area contributed by atoms with Crippen LogP contribution in [0.15, 0.2) is 22.8 Å². The van der Waals surface area contributed by atoms with Crippen molar-refractivity contribution in [1.82, 2.24) is 0 Å². The third-order valence-corrected chi connectivity index (χ3v) is 4.63. The fraction of sp³-hybridized carbons (Fsp3) is 0.733. The van der Waals surface area contributed by atoms with Gasteiger partial charge in [-0.2, -0.15) is 0 Å². The molecule has 0 spiro atoms. The monoisotopic (exact) mass is 204 g/mol. The lowest BCUT2D eigenvalue weighted by atomic mass is 9.75. The van der Waals surface area contributed by atoms with Crippen molar-refractivity contribution in [3.63, 3.8) is 0 Å². The van der Waals surface area contributed by atoms with Gasteiger partial charge in [0.2, 0.25) is 0 Å². The van der Waals surface area contributed by atoms with Crippen LogP contribution in [0, 0.1) is 10.8 Å². The standard InChI is InChI=1S/C15H24/c1-6-15(5)10-14(3,4)12-8-7-11(2)9-13(12)15/h7H,6,8-10H2,1-5H3. The summed E-state index contributed by atoms with van der Waals surface area (Å²) < 4.78 is 0. The van der Waals surface area contributed by atoms with Crippen LogP contribution in [0.25, 0.3) is 0 Å². The highest BCUT2D eigenvalue weighted by Gasteiger charge is 2.45. The van der Waals surface area contributed by atoms with Gasteiger partial charge in [-0.3, -0.25) is 0 Å². The Morgan fingerprint density at radius 1 is 1.20 bits per heavy atom. The molecule has 0 heterocycles. The summed E-state index contributed by atoms with van der Waals surface area (Å²) in [4.78, 5) is 0. The average molecular weight is 204 g/mol. The predicted molar refractivity (Wildman–Crippen MR) is 66.8 cm³/mol. The molecule has 2 rings (SSSR count). The van der Waals surface area contributed by atoms with E-state index in [4.69, 9.17) is 0 Å². The number of rotatable bonds is 1. The molecule has 15 heavy (non-hydrogen) atoms. The maximum absolute atomic E-state index is 2.47. The van der Waals surface area contributed by atoms with E-state index >= 15 is 0 Å². The number of hydrogen-bond acceptors (Lipinski definition) is 0. The van der Waals surface area contributed by atoms with Gasteiger partial charge < -0.3 is 0 Å². The van der Waals surface area contributed by atoms with Crippen molar-refractivity contribution in [2.45, 2.75) is 60.3 Å². The molecule has 0 nitrogen and oxygen atoms in total. The highest BCUT2D eigenvalue weighted by Crippen LogP contribution is 2.58. The van der Waals surface area contributed by atoms with Crippen LogP contribution in [0.1, 0.15) is 60.3 Å². The first-order valence-corrected chi connectivity index (χ1v) is 6.28. The molecule has 0 aromatic carbocycles. The summed E-state index contributed by atoms with van der Waals surface area (Å²) in [5.41, 5.74) is 6.02. The topological polar surface area (TPSA) is 0 Å². The first-order chi connectivity index (χ1) is 6.89. The summed E-state index contributed by atoms with van der Waals surface area (Å²) in [6.45, 7) is 12.0. The van der Waals surface area contributed by atoms with E-state index in [1.807, 2.05) is 0 Å². The van der Waals surface area contributed by atoms with Gasteiger partial charge in [0.1, 0.15) is 0 Å². The Bertz CT molecular complexity index is 341. The molecule has 0 aromatic heterocycles. The molecule has 1 unspecified atom stereocenters. The molecule has 84 valence electrons. The Morgan fingerprint density at radius 3 is 2.47 bits per heavy atom. The lowest BCUT2D eigenvalue weighted by Gasteiger charge is -2.29. The van der Waals surface area contributed by atoms with Gasteiger partial charge in [-0.15, -0.1) is 0 Å². The Morgan fingerprint density at radius 2 is 1.87 bits per heavy atom. The Balaban J connectivity index is 2.42. The van der Waals surface area contributed by atoms with Crippen molar-refractivity contribution in [3.05, 3.63) is 22.8 Å².